The Kier molecular flexibility index (Phi) is 18.5. The van der Waals surface area contributed by atoms with Gasteiger partial charge in [0.25, 0.3) is 11.1 Å². The Hall–Kier alpha value is -8.65. The van der Waals surface area contributed by atoms with E-state index in [1.165, 1.54) is 62.8 Å². The Morgan fingerprint density at radius 3 is 1.64 bits per heavy atom. The molecule has 0 saturated carbocycles. The molecule has 4 aliphatic rings. The lowest BCUT2D eigenvalue weighted by molar-refractivity contribution is -0.126. The summed E-state index contributed by atoms with van der Waals surface area (Å²) in [6, 6.07) is 30.7. The number of fused-ring (bicyclic) bond motifs is 10. The molecular formula is C70H75N3O9S. The van der Waals surface area contributed by atoms with Gasteiger partial charge < -0.3 is 16.2 Å². The van der Waals surface area contributed by atoms with Crippen LogP contribution in [-0.4, -0.2) is 47.6 Å². The summed E-state index contributed by atoms with van der Waals surface area (Å²) in [5, 5.41) is -0.135. The van der Waals surface area contributed by atoms with Gasteiger partial charge in [-0.2, -0.15) is 0 Å². The number of hydrogen-bond acceptors (Lipinski definition) is 12. The molecular weight excluding hydrogens is 1060 g/mol. The number of rotatable bonds is 7. The van der Waals surface area contributed by atoms with Gasteiger partial charge in [0.05, 0.1) is 61.7 Å². The Labute approximate surface area is 490 Å². The predicted molar refractivity (Wildman–Crippen MR) is 347 cm³/mol. The van der Waals surface area contributed by atoms with Crippen LogP contribution in [0.2, 0.25) is 0 Å². The SMILES string of the molecule is C.C.C=C1C(=O)c2ccc(C)c(C)c2-c2c1ccc(C)c2C.CCCCC1(C)C(=O)c2ccccc2-c2ccccc21.COCCSC1=C(C)C(=O)C2C=CC=CC2C1=O.Nc1c2c(=O)[nH]c(=O)c2c(N)c2c(=O)c3ccccc3c(=O)c12.[HH].[HH]. The van der Waals surface area contributed by atoms with Gasteiger partial charge in [-0.05, 0) is 104 Å². The van der Waals surface area contributed by atoms with Crippen LogP contribution in [0, 0.1) is 39.5 Å². The highest BCUT2D eigenvalue weighted by Crippen LogP contribution is 2.46. The monoisotopic (exact) mass is 1130 g/mol. The highest BCUT2D eigenvalue weighted by Gasteiger charge is 2.42. The number of aryl methyl sites for hydroxylation is 2. The van der Waals surface area contributed by atoms with Gasteiger partial charge in [0.15, 0.2) is 34.0 Å². The molecule has 430 valence electrons. The summed E-state index contributed by atoms with van der Waals surface area (Å²) in [5.41, 5.74) is 23.2. The van der Waals surface area contributed by atoms with Crippen LogP contribution < -0.4 is 33.4 Å². The number of carbonyl (C=O) groups is 4. The van der Waals surface area contributed by atoms with E-state index in [9.17, 15) is 38.4 Å². The lowest BCUT2D eigenvalue weighted by Crippen LogP contribution is -2.36. The molecule has 83 heavy (non-hydrogen) atoms. The number of aromatic nitrogens is 1. The molecule has 12 nitrogen and oxygen atoms in total. The molecule has 0 radical (unpaired) electrons. The van der Waals surface area contributed by atoms with E-state index in [0.717, 1.165) is 47.1 Å². The molecule has 0 spiro atoms. The molecule has 5 N–H and O–H groups in total. The fourth-order valence-electron chi connectivity index (χ4n) is 11.6. The summed E-state index contributed by atoms with van der Waals surface area (Å²) in [4.78, 5) is 102. The Morgan fingerprint density at radius 2 is 1.10 bits per heavy atom. The molecule has 1 aromatic heterocycles. The number of nitrogens with one attached hydrogen (secondary N) is 1. The van der Waals surface area contributed by atoms with Gasteiger partial charge >= 0.3 is 0 Å². The number of anilines is 2. The second-order valence-electron chi connectivity index (χ2n) is 21.2. The van der Waals surface area contributed by atoms with E-state index in [1.807, 2.05) is 66.8 Å². The number of nitrogen functional groups attached to an aromatic ring is 2. The molecule has 0 amide bonds. The molecule has 13 heteroatoms. The second-order valence-corrected chi connectivity index (χ2v) is 22.3. The van der Waals surface area contributed by atoms with Crippen molar-refractivity contribution in [1.82, 2.24) is 4.98 Å². The fourth-order valence-corrected chi connectivity index (χ4v) is 12.7. The highest BCUT2D eigenvalue weighted by atomic mass is 32.2. The number of allylic oxidation sites excluding steroid dienone is 7. The zero-order valence-corrected chi connectivity index (χ0v) is 47.5. The van der Waals surface area contributed by atoms with Crippen molar-refractivity contribution in [3.8, 4) is 22.3 Å². The summed E-state index contributed by atoms with van der Waals surface area (Å²) >= 11 is 1.42. The maximum Gasteiger partial charge on any atom is 0.261 e. The number of ether oxygens (including phenoxy) is 1. The van der Waals surface area contributed by atoms with Crippen molar-refractivity contribution in [2.75, 3.05) is 30.9 Å². The number of methoxy groups -OCH3 is 1. The average molecular weight is 1130 g/mol. The Morgan fingerprint density at radius 1 is 0.614 bits per heavy atom. The largest absolute Gasteiger partial charge is 0.397 e. The van der Waals surface area contributed by atoms with Crippen LogP contribution in [0.1, 0.15) is 112 Å². The number of carbonyl (C=O) groups excluding carboxylic acids is 4. The van der Waals surface area contributed by atoms with Gasteiger partial charge in [-0.3, -0.25) is 43.3 Å². The first-order valence-corrected chi connectivity index (χ1v) is 27.9. The van der Waals surface area contributed by atoms with Crippen LogP contribution in [-0.2, 0) is 19.7 Å². The minimum Gasteiger partial charge on any atom is -0.397 e. The third-order valence-electron chi connectivity index (χ3n) is 16.4. The van der Waals surface area contributed by atoms with Crippen molar-refractivity contribution in [2.45, 2.75) is 88.0 Å². The molecule has 8 aromatic rings. The standard InChI is InChI=1S/C19H18O.C19H20O.C16H9N3O4.C14H16O3S.2CH4.2H2/c1-10-6-8-15-14(5)19(20)16-9-7-11(2)13(4)18(16)17(15)12(10)3;1-3-4-13-19(2)17-12-8-7-10-15(17)14-9-5-6-11-16(14)18(19)20;17-11-7-8(12(18)10-9(11)15(22)19-16(10)23)14(21)6-4-2-1-3-5(6)13(7)20;1-9-12(15)10-5-3-4-6-11(10)13(16)14(9)18-8-7-17-2;;;;/h6-9H,5H2,1-4H3;5-12H,3-4,13H2,1-2H3;1-4H,17-18H2,(H,19,22,23);3-6,10-11H,7-8H2,1-2H3;2*1H4;2*1H. The quantitative estimate of drug-likeness (QED) is 0.0447. The molecule has 3 atom stereocenters. The van der Waals surface area contributed by atoms with Crippen LogP contribution in [0.3, 0.4) is 0 Å². The first kappa shape index (κ1) is 62.0. The number of ketones is 4. The predicted octanol–water partition coefficient (Wildman–Crippen LogP) is 13.7. The van der Waals surface area contributed by atoms with E-state index in [1.54, 1.807) is 26.2 Å². The number of unbranched alkanes of at least 4 members (excludes halogenated alkanes) is 1. The summed E-state index contributed by atoms with van der Waals surface area (Å²) in [7, 11) is 1.63. The van der Waals surface area contributed by atoms with Gasteiger partial charge in [0.1, 0.15) is 0 Å². The summed E-state index contributed by atoms with van der Waals surface area (Å²) < 4.78 is 4.97. The van der Waals surface area contributed by atoms with Crippen LogP contribution in [0.15, 0.2) is 158 Å². The molecule has 0 bridgehead atoms. The van der Waals surface area contributed by atoms with Crippen LogP contribution in [0.25, 0.3) is 60.1 Å². The first-order valence-electron chi connectivity index (χ1n) is 26.9. The molecule has 3 unspecified atom stereocenters. The fraction of sp³-hybridized carbons (Fsp3) is 0.257. The van der Waals surface area contributed by atoms with Crippen molar-refractivity contribution >= 4 is 84.2 Å². The van der Waals surface area contributed by atoms with Gasteiger partial charge in [-0.1, -0.05) is 163 Å². The number of hydrogen-bond donors (Lipinski definition) is 3. The zero-order valence-electron chi connectivity index (χ0n) is 46.7. The maximum atomic E-state index is 13.0. The number of Topliss-reactive ketones (excluding diaryl/α,β-unsaturated/α-hetero) is 4. The van der Waals surface area contributed by atoms with Crippen molar-refractivity contribution in [3.63, 3.8) is 0 Å². The maximum absolute atomic E-state index is 13.0. The van der Waals surface area contributed by atoms with Gasteiger partial charge in [0.2, 0.25) is 0 Å². The van der Waals surface area contributed by atoms with Crippen molar-refractivity contribution < 1.29 is 26.8 Å². The van der Waals surface area contributed by atoms with Crippen LogP contribution >= 0.6 is 11.8 Å². The number of nitrogens with two attached hydrogens (primary N) is 2. The number of H-pyrrole nitrogens is 1. The third-order valence-corrected chi connectivity index (χ3v) is 17.6. The molecule has 7 aromatic carbocycles. The number of benzene rings is 7. The second kappa shape index (κ2) is 24.8. The van der Waals surface area contributed by atoms with Gasteiger partial charge in [-0.25, -0.2) is 0 Å². The Bertz CT molecular complexity index is 4170. The van der Waals surface area contributed by atoms with Gasteiger partial charge in [0, 0.05) is 48.8 Å². The zero-order chi connectivity index (χ0) is 58.4. The minimum absolute atomic E-state index is 0. The summed E-state index contributed by atoms with van der Waals surface area (Å²) in [5.74, 6) is 0.558. The van der Waals surface area contributed by atoms with E-state index in [0.29, 0.717) is 28.4 Å². The van der Waals surface area contributed by atoms with Crippen molar-refractivity contribution in [1.29, 1.82) is 0 Å². The molecule has 12 rings (SSSR count). The van der Waals surface area contributed by atoms with E-state index < -0.39 is 22.0 Å². The van der Waals surface area contributed by atoms with E-state index >= 15 is 0 Å². The third kappa shape index (κ3) is 10.6. The molecule has 0 aliphatic heterocycles. The highest BCUT2D eigenvalue weighted by molar-refractivity contribution is 8.04. The number of thioether (sulfide) groups is 1. The first-order chi connectivity index (χ1) is 38.7. The molecule has 1 heterocycles. The molecule has 0 saturated heterocycles. The minimum atomic E-state index is -0.726. The van der Waals surface area contributed by atoms with Crippen molar-refractivity contribution in [2.24, 2.45) is 11.8 Å². The lowest BCUT2D eigenvalue weighted by atomic mass is 9.66. The lowest BCUT2D eigenvalue weighted by Gasteiger charge is -2.35. The van der Waals surface area contributed by atoms with Crippen LogP contribution in [0.4, 0.5) is 11.4 Å². The van der Waals surface area contributed by atoms with E-state index in [-0.39, 0.29) is 102 Å². The van der Waals surface area contributed by atoms with Crippen molar-refractivity contribution in [3.05, 3.63) is 224 Å². The summed E-state index contributed by atoms with van der Waals surface area (Å²) in [6.45, 7) is 19.0. The van der Waals surface area contributed by atoms with Gasteiger partial charge in [-0.15, -0.1) is 11.8 Å². The topological polar surface area (TPSA) is 214 Å². The molecule has 0 fully saturated rings. The Balaban J connectivity index is 0.000000205. The number of aromatic amines is 1. The summed E-state index contributed by atoms with van der Waals surface area (Å²) in [6.07, 6.45) is 10.4. The molecule has 4 aliphatic carbocycles. The average Bonchev–Trinajstić information content (AvgIpc) is 1.83. The van der Waals surface area contributed by atoms with E-state index in [2.05, 4.69) is 83.4 Å². The normalized spacial score (nSPS) is 17.1. The van der Waals surface area contributed by atoms with E-state index in [4.69, 9.17) is 16.2 Å². The van der Waals surface area contributed by atoms with Crippen LogP contribution in [0.5, 0.6) is 0 Å². The smallest absolute Gasteiger partial charge is 0.261 e.